The molecule has 0 bridgehead atoms. The summed E-state index contributed by atoms with van der Waals surface area (Å²) in [6.45, 7) is 5.96. The average Bonchev–Trinajstić information content (AvgIpc) is 2.92. The Bertz CT molecular complexity index is 1100. The molecule has 1 saturated heterocycles. The number of nitrogens with zero attached hydrogens (tertiary/aromatic N) is 3. The fourth-order valence-electron chi connectivity index (χ4n) is 4.08. The molecule has 2 aromatic carbocycles. The number of nitrogens with one attached hydrogen (secondary N) is 1. The van der Waals surface area contributed by atoms with Crippen molar-refractivity contribution in [2.75, 3.05) is 48.8 Å². The van der Waals surface area contributed by atoms with E-state index in [-0.39, 0.29) is 5.41 Å². The van der Waals surface area contributed by atoms with Crippen LogP contribution in [0, 0.1) is 12.3 Å². The monoisotopic (exact) mass is 437 g/mol. The highest BCUT2D eigenvalue weighted by atomic mass is 32.2. The maximum Gasteiger partial charge on any atom is 0.228 e. The Morgan fingerprint density at radius 3 is 2.84 bits per heavy atom. The van der Waals surface area contributed by atoms with Gasteiger partial charge in [0.15, 0.2) is 4.90 Å². The fraction of sp³-hybridized carbons (Fsp3) is 0.391. The summed E-state index contributed by atoms with van der Waals surface area (Å²) in [6, 6.07) is 14.1. The molecule has 162 valence electrons. The van der Waals surface area contributed by atoms with Gasteiger partial charge in [-0.2, -0.15) is 4.98 Å². The summed E-state index contributed by atoms with van der Waals surface area (Å²) >= 11 is -1.01. The molecule has 1 unspecified atom stereocenters. The zero-order chi connectivity index (χ0) is 21.4. The lowest BCUT2D eigenvalue weighted by Crippen LogP contribution is -2.52. The van der Waals surface area contributed by atoms with Crippen molar-refractivity contribution in [1.82, 2.24) is 9.97 Å². The van der Waals surface area contributed by atoms with Crippen molar-refractivity contribution >= 4 is 33.8 Å². The summed E-state index contributed by atoms with van der Waals surface area (Å²) in [4.78, 5) is 12.8. The van der Waals surface area contributed by atoms with Crippen molar-refractivity contribution in [3.05, 3.63) is 53.6 Å². The van der Waals surface area contributed by atoms with Crippen LogP contribution in [0.1, 0.15) is 11.1 Å². The zero-order valence-electron chi connectivity index (χ0n) is 17.6. The third-order valence-electron chi connectivity index (χ3n) is 6.13. The SMILES string of the molecule is Cc1ccc2nc(N3CC[S+]([O-])c4ccccc4C3)nc(NCC3(CN)COC3)c2c1. The molecule has 3 heterocycles. The smallest absolute Gasteiger partial charge is 0.228 e. The van der Waals surface area contributed by atoms with Crippen LogP contribution < -0.4 is 16.0 Å². The van der Waals surface area contributed by atoms with Crippen LogP contribution >= 0.6 is 0 Å². The summed E-state index contributed by atoms with van der Waals surface area (Å²) in [5.41, 5.74) is 9.08. The Balaban J connectivity index is 1.51. The number of aryl methyl sites for hydroxylation is 1. The van der Waals surface area contributed by atoms with Crippen LogP contribution in [-0.2, 0) is 22.5 Å². The first-order valence-corrected chi connectivity index (χ1v) is 11.9. The zero-order valence-corrected chi connectivity index (χ0v) is 18.5. The number of hydrogen-bond acceptors (Lipinski definition) is 7. The first-order valence-electron chi connectivity index (χ1n) is 10.6. The van der Waals surface area contributed by atoms with Crippen LogP contribution in [0.15, 0.2) is 47.4 Å². The summed E-state index contributed by atoms with van der Waals surface area (Å²) in [5, 5.41) is 4.53. The van der Waals surface area contributed by atoms with E-state index in [0.29, 0.717) is 51.1 Å². The first kappa shape index (κ1) is 20.5. The summed E-state index contributed by atoms with van der Waals surface area (Å²) in [5.74, 6) is 2.02. The van der Waals surface area contributed by atoms with Gasteiger partial charge < -0.3 is 25.2 Å². The fourth-order valence-corrected chi connectivity index (χ4v) is 5.34. The molecule has 0 spiro atoms. The van der Waals surface area contributed by atoms with E-state index in [9.17, 15) is 4.55 Å². The van der Waals surface area contributed by atoms with E-state index in [2.05, 4.69) is 29.3 Å². The second-order valence-corrected chi connectivity index (χ2v) is 10.1. The van der Waals surface area contributed by atoms with Gasteiger partial charge in [-0.15, -0.1) is 0 Å². The predicted octanol–water partition coefficient (Wildman–Crippen LogP) is 2.45. The second-order valence-electron chi connectivity index (χ2n) is 8.52. The summed E-state index contributed by atoms with van der Waals surface area (Å²) in [7, 11) is 0. The number of anilines is 2. The van der Waals surface area contributed by atoms with Crippen molar-refractivity contribution in [3.63, 3.8) is 0 Å². The van der Waals surface area contributed by atoms with Crippen LogP contribution in [-0.4, -0.2) is 53.1 Å². The number of benzene rings is 2. The average molecular weight is 438 g/mol. The molecule has 1 fully saturated rings. The highest BCUT2D eigenvalue weighted by Crippen LogP contribution is 2.31. The third-order valence-corrected chi connectivity index (χ3v) is 7.57. The summed E-state index contributed by atoms with van der Waals surface area (Å²) in [6.07, 6.45) is 0. The molecular formula is C23H27N5O2S. The van der Waals surface area contributed by atoms with E-state index in [0.717, 1.165) is 32.7 Å². The van der Waals surface area contributed by atoms with Crippen LogP contribution in [0.25, 0.3) is 10.9 Å². The molecule has 7 nitrogen and oxygen atoms in total. The van der Waals surface area contributed by atoms with Crippen LogP contribution in [0.2, 0.25) is 0 Å². The van der Waals surface area contributed by atoms with Crippen molar-refractivity contribution < 1.29 is 9.29 Å². The van der Waals surface area contributed by atoms with Gasteiger partial charge in [-0.05, 0) is 36.3 Å². The predicted molar refractivity (Wildman–Crippen MR) is 124 cm³/mol. The molecule has 3 aromatic rings. The Morgan fingerprint density at radius 2 is 2.06 bits per heavy atom. The normalized spacial score (nSPS) is 20.1. The van der Waals surface area contributed by atoms with E-state index in [1.54, 1.807) is 0 Å². The van der Waals surface area contributed by atoms with E-state index in [1.807, 2.05) is 30.3 Å². The maximum absolute atomic E-state index is 12.7. The minimum Gasteiger partial charge on any atom is -0.611 e. The number of fused-ring (bicyclic) bond motifs is 2. The molecule has 2 aliphatic heterocycles. The number of aromatic nitrogens is 2. The molecule has 8 heteroatoms. The van der Waals surface area contributed by atoms with Crippen LogP contribution in [0.4, 0.5) is 11.8 Å². The van der Waals surface area contributed by atoms with Gasteiger partial charge in [0.2, 0.25) is 5.95 Å². The Labute approximate surface area is 185 Å². The van der Waals surface area contributed by atoms with Crippen molar-refractivity contribution in [2.24, 2.45) is 11.1 Å². The minimum absolute atomic E-state index is 0.0420. The van der Waals surface area contributed by atoms with Crippen molar-refractivity contribution in [3.8, 4) is 0 Å². The lowest BCUT2D eigenvalue weighted by Gasteiger charge is -2.40. The van der Waals surface area contributed by atoms with Gasteiger partial charge in [-0.3, -0.25) is 0 Å². The highest BCUT2D eigenvalue weighted by molar-refractivity contribution is 7.91. The molecule has 1 aromatic heterocycles. The van der Waals surface area contributed by atoms with Gasteiger partial charge in [0.25, 0.3) is 0 Å². The topological polar surface area (TPSA) is 99.4 Å². The lowest BCUT2D eigenvalue weighted by molar-refractivity contribution is -0.0979. The molecule has 2 aliphatic rings. The minimum atomic E-state index is -1.01. The molecule has 0 radical (unpaired) electrons. The van der Waals surface area contributed by atoms with Gasteiger partial charge in [-0.1, -0.05) is 29.8 Å². The standard InChI is InChI=1S/C23H27N5O2S/c1-16-6-7-19-18(10-16)21(25-13-23(12-24)14-30-15-23)27-22(26-19)28-8-9-31(29)20-5-3-2-4-17(20)11-28/h2-7,10H,8-9,11-15,24H2,1H3,(H,25,26,27). The quantitative estimate of drug-likeness (QED) is 0.592. The number of hydrogen-bond donors (Lipinski definition) is 2. The largest absolute Gasteiger partial charge is 0.611 e. The molecule has 0 saturated carbocycles. The molecule has 0 aliphatic carbocycles. The molecule has 31 heavy (non-hydrogen) atoms. The van der Waals surface area contributed by atoms with Crippen molar-refractivity contribution in [1.29, 1.82) is 0 Å². The molecule has 0 amide bonds. The Hall–Kier alpha value is -2.39. The van der Waals surface area contributed by atoms with Gasteiger partial charge in [0, 0.05) is 29.5 Å². The number of nitrogens with two attached hydrogens (primary N) is 1. The highest BCUT2D eigenvalue weighted by Gasteiger charge is 2.37. The molecule has 1 atom stereocenters. The van der Waals surface area contributed by atoms with E-state index < -0.39 is 11.2 Å². The van der Waals surface area contributed by atoms with E-state index >= 15 is 0 Å². The number of rotatable bonds is 5. The lowest BCUT2D eigenvalue weighted by atomic mass is 9.86. The molecular weight excluding hydrogens is 410 g/mol. The van der Waals surface area contributed by atoms with Crippen LogP contribution in [0.3, 0.4) is 0 Å². The molecule has 3 N–H and O–H groups in total. The molecule has 5 rings (SSSR count). The van der Waals surface area contributed by atoms with Gasteiger partial charge >= 0.3 is 0 Å². The van der Waals surface area contributed by atoms with E-state index in [1.165, 1.54) is 0 Å². The Morgan fingerprint density at radius 1 is 1.23 bits per heavy atom. The second kappa shape index (κ2) is 8.27. The summed E-state index contributed by atoms with van der Waals surface area (Å²) < 4.78 is 18.1. The van der Waals surface area contributed by atoms with Gasteiger partial charge in [0.05, 0.1) is 31.8 Å². The Kier molecular flexibility index (Phi) is 5.47. The van der Waals surface area contributed by atoms with Gasteiger partial charge in [-0.25, -0.2) is 4.98 Å². The van der Waals surface area contributed by atoms with Gasteiger partial charge in [0.1, 0.15) is 11.6 Å². The van der Waals surface area contributed by atoms with Crippen molar-refractivity contribution in [2.45, 2.75) is 18.4 Å². The third kappa shape index (κ3) is 3.96. The van der Waals surface area contributed by atoms with Crippen LogP contribution in [0.5, 0.6) is 0 Å². The maximum atomic E-state index is 12.7. The van der Waals surface area contributed by atoms with E-state index in [4.69, 9.17) is 20.4 Å². The first-order chi connectivity index (χ1) is 15.1. The number of ether oxygens (including phenoxy) is 1.